The highest BCUT2D eigenvalue weighted by molar-refractivity contribution is 5.93. The first-order valence-corrected chi connectivity index (χ1v) is 7.46. The molecule has 9 heteroatoms. The van der Waals surface area contributed by atoms with Crippen LogP contribution in [-0.2, 0) is 11.3 Å². The minimum atomic E-state index is -0.536. The Bertz CT molecular complexity index is 839. The van der Waals surface area contributed by atoms with Gasteiger partial charge in [-0.3, -0.25) is 19.6 Å². The van der Waals surface area contributed by atoms with E-state index in [2.05, 4.69) is 5.10 Å². The molecule has 0 N–H and O–H groups in total. The van der Waals surface area contributed by atoms with Gasteiger partial charge in [-0.15, -0.1) is 0 Å². The van der Waals surface area contributed by atoms with Crippen LogP contribution >= 0.6 is 0 Å². The maximum atomic E-state index is 13.1. The number of amides is 1. The fourth-order valence-corrected chi connectivity index (χ4v) is 2.50. The zero-order valence-electron chi connectivity index (χ0n) is 13.8. The monoisotopic (exact) mass is 345 g/mol. The van der Waals surface area contributed by atoms with Gasteiger partial charge < -0.3 is 4.90 Å². The van der Waals surface area contributed by atoms with Crippen molar-refractivity contribution in [2.75, 3.05) is 11.4 Å². The molecule has 0 atom stereocenters. The molecule has 0 saturated carbocycles. The molecule has 2 aromatic rings. The largest absolute Gasteiger partial charge is 0.312 e. The van der Waals surface area contributed by atoms with Gasteiger partial charge in [0.05, 0.1) is 17.4 Å². The number of hydrogen-bond donors (Lipinski definition) is 0. The molecule has 0 spiro atoms. The van der Waals surface area contributed by atoms with Gasteiger partial charge in [0, 0.05) is 12.2 Å². The van der Waals surface area contributed by atoms with Crippen molar-refractivity contribution < 1.29 is 14.1 Å². The molecule has 25 heavy (non-hydrogen) atoms. The van der Waals surface area contributed by atoms with Gasteiger partial charge >= 0.3 is 5.69 Å². The lowest BCUT2D eigenvalue weighted by Gasteiger charge is -2.22. The Labute approximate surface area is 143 Å². The molecule has 0 aliphatic carbocycles. The van der Waals surface area contributed by atoms with Crippen LogP contribution in [0.3, 0.4) is 0 Å². The van der Waals surface area contributed by atoms with Crippen LogP contribution in [0.4, 0.5) is 15.8 Å². The second-order valence-corrected chi connectivity index (χ2v) is 5.36. The zero-order valence-corrected chi connectivity index (χ0v) is 13.8. The molecule has 0 fully saturated rings. The molecule has 8 nitrogen and oxygen atoms in total. The molecule has 130 valence electrons. The second kappa shape index (κ2) is 7.53. The third-order valence-electron chi connectivity index (χ3n) is 3.70. The van der Waals surface area contributed by atoms with Gasteiger partial charge in [-0.25, -0.2) is 4.39 Å². The van der Waals surface area contributed by atoms with Crippen LogP contribution in [0.2, 0.25) is 0 Å². The SMILES string of the molecule is Cc1nn(CC(=O)N(CCC#N)c2ccc(F)cc2)c(C)c1[N+](=O)[O-]. The van der Waals surface area contributed by atoms with Crippen molar-refractivity contribution in [2.45, 2.75) is 26.8 Å². The molecule has 0 saturated heterocycles. The number of nitro groups is 1. The number of aryl methyl sites for hydroxylation is 1. The smallest absolute Gasteiger partial charge is 0.310 e. The van der Waals surface area contributed by atoms with Crippen molar-refractivity contribution in [1.29, 1.82) is 5.26 Å². The number of aromatic nitrogens is 2. The molecule has 0 radical (unpaired) electrons. The maximum absolute atomic E-state index is 13.1. The maximum Gasteiger partial charge on any atom is 0.312 e. The summed E-state index contributed by atoms with van der Waals surface area (Å²) in [6, 6.07) is 7.27. The van der Waals surface area contributed by atoms with Crippen LogP contribution in [-0.4, -0.2) is 27.2 Å². The summed E-state index contributed by atoms with van der Waals surface area (Å²) in [5.41, 5.74) is 0.812. The van der Waals surface area contributed by atoms with Gasteiger partial charge in [0.25, 0.3) is 0 Å². The summed E-state index contributed by atoms with van der Waals surface area (Å²) < 4.78 is 14.4. The van der Waals surface area contributed by atoms with Crippen molar-refractivity contribution in [2.24, 2.45) is 0 Å². The van der Waals surface area contributed by atoms with E-state index < -0.39 is 16.6 Å². The van der Waals surface area contributed by atoms with Crippen molar-refractivity contribution in [3.05, 3.63) is 51.6 Å². The molecule has 0 unspecified atom stereocenters. The summed E-state index contributed by atoms with van der Waals surface area (Å²) in [6.45, 7) is 2.92. The minimum Gasteiger partial charge on any atom is -0.310 e. The van der Waals surface area contributed by atoms with Crippen LogP contribution in [0, 0.1) is 41.1 Å². The lowest BCUT2D eigenvalue weighted by molar-refractivity contribution is -0.386. The van der Waals surface area contributed by atoms with Gasteiger partial charge in [0.2, 0.25) is 5.91 Å². The Morgan fingerprint density at radius 2 is 2.04 bits per heavy atom. The van der Waals surface area contributed by atoms with Gasteiger partial charge in [0.1, 0.15) is 23.7 Å². The van der Waals surface area contributed by atoms with Gasteiger partial charge in [-0.1, -0.05) is 0 Å². The van der Waals surface area contributed by atoms with Gasteiger partial charge in [0.15, 0.2) is 0 Å². The van der Waals surface area contributed by atoms with E-state index in [-0.39, 0.29) is 36.6 Å². The van der Waals surface area contributed by atoms with Crippen molar-refractivity contribution in [3.63, 3.8) is 0 Å². The minimum absolute atomic E-state index is 0.0976. The van der Waals surface area contributed by atoms with E-state index in [4.69, 9.17) is 5.26 Å². The van der Waals surface area contributed by atoms with Crippen LogP contribution in [0.1, 0.15) is 17.8 Å². The fraction of sp³-hybridized carbons (Fsp3) is 0.312. The van der Waals surface area contributed by atoms with Crippen LogP contribution in [0.15, 0.2) is 24.3 Å². The van der Waals surface area contributed by atoms with E-state index in [0.717, 1.165) is 0 Å². The summed E-state index contributed by atoms with van der Waals surface area (Å²) in [6.07, 6.45) is 0.0976. The molecule has 1 heterocycles. The van der Waals surface area contributed by atoms with E-state index in [9.17, 15) is 19.3 Å². The highest BCUT2D eigenvalue weighted by Crippen LogP contribution is 2.22. The van der Waals surface area contributed by atoms with Crippen LogP contribution in [0.5, 0.6) is 0 Å². The topological polar surface area (TPSA) is 105 Å². The average Bonchev–Trinajstić information content (AvgIpc) is 2.83. The highest BCUT2D eigenvalue weighted by Gasteiger charge is 2.24. The number of nitrogens with zero attached hydrogens (tertiary/aromatic N) is 5. The fourth-order valence-electron chi connectivity index (χ4n) is 2.50. The van der Waals surface area contributed by atoms with E-state index in [1.54, 1.807) is 0 Å². The number of carbonyl (C=O) groups is 1. The summed E-state index contributed by atoms with van der Waals surface area (Å²) in [4.78, 5) is 24.5. The number of benzene rings is 1. The molecular formula is C16H16FN5O3. The number of carbonyl (C=O) groups excluding carboxylic acids is 1. The number of halogens is 1. The third-order valence-corrected chi connectivity index (χ3v) is 3.70. The normalized spacial score (nSPS) is 10.3. The van der Waals surface area contributed by atoms with E-state index >= 15 is 0 Å². The lowest BCUT2D eigenvalue weighted by atomic mass is 10.2. The molecule has 0 bridgehead atoms. The lowest BCUT2D eigenvalue weighted by Crippen LogP contribution is -2.35. The molecule has 1 amide bonds. The Hall–Kier alpha value is -3.28. The summed E-state index contributed by atoms with van der Waals surface area (Å²) in [7, 11) is 0. The summed E-state index contributed by atoms with van der Waals surface area (Å²) in [5, 5.41) is 23.9. The predicted octanol–water partition coefficient (Wildman–Crippen LogP) is 2.49. The molecule has 0 aliphatic rings. The first-order chi connectivity index (χ1) is 11.8. The predicted molar refractivity (Wildman–Crippen MR) is 87.3 cm³/mol. The molecule has 2 rings (SSSR count). The summed E-state index contributed by atoms with van der Waals surface area (Å²) >= 11 is 0. The average molecular weight is 345 g/mol. The van der Waals surface area contributed by atoms with E-state index in [1.165, 1.54) is 47.7 Å². The Morgan fingerprint density at radius 1 is 1.40 bits per heavy atom. The Balaban J connectivity index is 2.28. The van der Waals surface area contributed by atoms with Crippen LogP contribution in [0.25, 0.3) is 0 Å². The standard InChI is InChI=1S/C16H16FN5O3/c1-11-16(22(24)25)12(2)21(19-11)10-15(23)20(9-3-8-18)14-6-4-13(17)5-7-14/h4-7H,3,9-10H2,1-2H3. The van der Waals surface area contributed by atoms with Crippen LogP contribution < -0.4 is 4.90 Å². The molecule has 1 aromatic carbocycles. The third kappa shape index (κ3) is 3.98. The number of hydrogen-bond acceptors (Lipinski definition) is 5. The summed E-state index contributed by atoms with van der Waals surface area (Å²) in [5.74, 6) is -0.840. The van der Waals surface area contributed by atoms with E-state index in [0.29, 0.717) is 5.69 Å². The zero-order chi connectivity index (χ0) is 18.6. The first kappa shape index (κ1) is 18.1. The Morgan fingerprint density at radius 3 is 2.56 bits per heavy atom. The highest BCUT2D eigenvalue weighted by atomic mass is 19.1. The molecule has 1 aromatic heterocycles. The number of rotatable bonds is 6. The molecule has 0 aliphatic heterocycles. The van der Waals surface area contributed by atoms with Crippen molar-refractivity contribution >= 4 is 17.3 Å². The Kier molecular flexibility index (Phi) is 5.44. The van der Waals surface area contributed by atoms with Gasteiger partial charge in [-0.05, 0) is 38.1 Å². The number of nitriles is 1. The second-order valence-electron chi connectivity index (χ2n) is 5.36. The van der Waals surface area contributed by atoms with E-state index in [1.807, 2.05) is 6.07 Å². The quantitative estimate of drug-likeness (QED) is 0.591. The number of anilines is 1. The van der Waals surface area contributed by atoms with Crippen molar-refractivity contribution in [3.8, 4) is 6.07 Å². The molecular weight excluding hydrogens is 329 g/mol. The van der Waals surface area contributed by atoms with Crippen molar-refractivity contribution in [1.82, 2.24) is 9.78 Å². The van der Waals surface area contributed by atoms with Gasteiger partial charge in [-0.2, -0.15) is 10.4 Å². The first-order valence-electron chi connectivity index (χ1n) is 7.46.